The number of fused-ring (bicyclic) bond motifs is 1. The number of hydrogen-bond acceptors (Lipinski definition) is 3. The Kier molecular flexibility index (Phi) is 5.81. The minimum atomic E-state index is 0.546. The van der Waals surface area contributed by atoms with E-state index >= 15 is 0 Å². The molecule has 1 aliphatic heterocycles. The molecule has 0 saturated carbocycles. The molecule has 3 aromatic rings. The van der Waals surface area contributed by atoms with Crippen LogP contribution in [0.3, 0.4) is 0 Å². The minimum absolute atomic E-state index is 0.546. The average molecular weight is 378 g/mol. The number of aromatic amines is 1. The summed E-state index contributed by atoms with van der Waals surface area (Å²) in [5, 5.41) is 1.34. The Morgan fingerprint density at radius 1 is 1.11 bits per heavy atom. The van der Waals surface area contributed by atoms with E-state index in [4.69, 9.17) is 4.74 Å². The van der Waals surface area contributed by atoms with Gasteiger partial charge in [-0.15, -0.1) is 0 Å². The zero-order valence-electron chi connectivity index (χ0n) is 17.2. The number of nitrogens with zero attached hydrogens (tertiary/aromatic N) is 2. The molecule has 2 heterocycles. The van der Waals surface area contributed by atoms with Crippen LogP contribution in [0.15, 0.2) is 48.5 Å². The number of rotatable bonds is 5. The summed E-state index contributed by atoms with van der Waals surface area (Å²) in [5.74, 6) is 0.546. The van der Waals surface area contributed by atoms with Crippen molar-refractivity contribution >= 4 is 10.9 Å². The Morgan fingerprint density at radius 3 is 2.71 bits per heavy atom. The fourth-order valence-electron chi connectivity index (χ4n) is 4.38. The highest BCUT2D eigenvalue weighted by molar-refractivity contribution is 5.92. The number of para-hydroxylation sites is 1. The highest BCUT2D eigenvalue weighted by Gasteiger charge is 2.22. The van der Waals surface area contributed by atoms with Crippen LogP contribution in [0.2, 0.25) is 0 Å². The summed E-state index contributed by atoms with van der Waals surface area (Å²) in [5.41, 5.74) is 6.46. The lowest BCUT2D eigenvalue weighted by Crippen LogP contribution is -2.34. The quantitative estimate of drug-likeness (QED) is 0.725. The first-order valence-corrected chi connectivity index (χ1v) is 10.2. The minimum Gasteiger partial charge on any atom is -0.380 e. The summed E-state index contributed by atoms with van der Waals surface area (Å²) in [4.78, 5) is 8.57. The number of H-pyrrole nitrogens is 1. The molecule has 1 saturated heterocycles. The van der Waals surface area contributed by atoms with Gasteiger partial charge in [-0.2, -0.15) is 0 Å². The summed E-state index contributed by atoms with van der Waals surface area (Å²) in [6.07, 6.45) is 0. The third-order valence-electron chi connectivity index (χ3n) is 5.64. The van der Waals surface area contributed by atoms with Crippen LogP contribution in [0.4, 0.5) is 0 Å². The van der Waals surface area contributed by atoms with Gasteiger partial charge >= 0.3 is 0 Å². The highest BCUT2D eigenvalue weighted by Crippen LogP contribution is 2.33. The van der Waals surface area contributed by atoms with Crippen molar-refractivity contribution in [1.29, 1.82) is 0 Å². The van der Waals surface area contributed by atoms with Crippen molar-refractivity contribution in [2.24, 2.45) is 5.92 Å². The molecule has 0 aliphatic carbocycles. The third kappa shape index (κ3) is 4.14. The Hall–Kier alpha value is -2.14. The van der Waals surface area contributed by atoms with Crippen molar-refractivity contribution in [2.75, 3.05) is 46.9 Å². The molecule has 1 aliphatic rings. The van der Waals surface area contributed by atoms with Crippen LogP contribution in [-0.2, 0) is 11.3 Å². The second-order valence-electron chi connectivity index (χ2n) is 8.28. The Balaban J connectivity index is 1.70. The fraction of sp³-hybridized carbons (Fsp3) is 0.417. The number of aromatic nitrogens is 1. The molecule has 4 nitrogen and oxygen atoms in total. The first-order valence-electron chi connectivity index (χ1n) is 10.2. The smallest absolute Gasteiger partial charge is 0.0593 e. The predicted octanol–water partition coefficient (Wildman–Crippen LogP) is 4.15. The van der Waals surface area contributed by atoms with Crippen molar-refractivity contribution < 1.29 is 4.74 Å². The van der Waals surface area contributed by atoms with Gasteiger partial charge in [-0.3, -0.25) is 4.90 Å². The second-order valence-corrected chi connectivity index (χ2v) is 8.28. The monoisotopic (exact) mass is 377 g/mol. The van der Waals surface area contributed by atoms with Gasteiger partial charge < -0.3 is 14.6 Å². The van der Waals surface area contributed by atoms with Crippen LogP contribution >= 0.6 is 0 Å². The highest BCUT2D eigenvalue weighted by atomic mass is 16.5. The molecule has 1 fully saturated rings. The van der Waals surface area contributed by atoms with Crippen LogP contribution < -0.4 is 0 Å². The molecule has 1 atom stereocenters. The van der Waals surface area contributed by atoms with E-state index in [2.05, 4.69) is 84.3 Å². The molecule has 0 radical (unpaired) electrons. The molecule has 148 valence electrons. The van der Waals surface area contributed by atoms with Crippen molar-refractivity contribution in [3.05, 3.63) is 59.7 Å². The van der Waals surface area contributed by atoms with Crippen molar-refractivity contribution in [3.63, 3.8) is 0 Å². The first-order chi connectivity index (χ1) is 13.6. The third-order valence-corrected chi connectivity index (χ3v) is 5.64. The first kappa shape index (κ1) is 19.2. The summed E-state index contributed by atoms with van der Waals surface area (Å²) in [6, 6.07) is 17.3. The van der Waals surface area contributed by atoms with Gasteiger partial charge in [-0.1, -0.05) is 48.5 Å². The Labute approximate surface area is 168 Å². The summed E-state index contributed by atoms with van der Waals surface area (Å²) in [6.45, 7) is 7.92. The lowest BCUT2D eigenvalue weighted by atomic mass is 10.0. The summed E-state index contributed by atoms with van der Waals surface area (Å²) in [7, 11) is 4.29. The number of benzene rings is 2. The maximum absolute atomic E-state index is 5.90. The van der Waals surface area contributed by atoms with Gasteiger partial charge in [0, 0.05) is 43.0 Å². The van der Waals surface area contributed by atoms with Crippen molar-refractivity contribution in [1.82, 2.24) is 14.8 Å². The van der Waals surface area contributed by atoms with Gasteiger partial charge in [0.15, 0.2) is 0 Å². The van der Waals surface area contributed by atoms with Crippen LogP contribution in [0.25, 0.3) is 22.2 Å². The van der Waals surface area contributed by atoms with Crippen molar-refractivity contribution in [2.45, 2.75) is 13.5 Å². The fourth-order valence-corrected chi connectivity index (χ4v) is 4.38. The van der Waals surface area contributed by atoms with Crippen LogP contribution in [0.5, 0.6) is 0 Å². The van der Waals surface area contributed by atoms with Gasteiger partial charge in [-0.05, 0) is 37.7 Å². The molecular formula is C24H31N3O. The molecule has 28 heavy (non-hydrogen) atoms. The van der Waals surface area contributed by atoms with E-state index in [-0.39, 0.29) is 0 Å². The normalized spacial score (nSPS) is 18.6. The molecule has 2 aromatic carbocycles. The van der Waals surface area contributed by atoms with E-state index in [9.17, 15) is 0 Å². The molecule has 0 bridgehead atoms. The molecule has 1 aromatic heterocycles. The van der Waals surface area contributed by atoms with Gasteiger partial charge in [-0.25, -0.2) is 0 Å². The molecule has 0 unspecified atom stereocenters. The number of aryl methyl sites for hydroxylation is 1. The van der Waals surface area contributed by atoms with Crippen molar-refractivity contribution in [3.8, 4) is 11.3 Å². The molecule has 1 N–H and O–H groups in total. The zero-order valence-corrected chi connectivity index (χ0v) is 17.2. The molecular weight excluding hydrogens is 346 g/mol. The van der Waals surface area contributed by atoms with E-state index in [1.807, 2.05) is 0 Å². The van der Waals surface area contributed by atoms with E-state index in [1.165, 1.54) is 33.3 Å². The van der Waals surface area contributed by atoms with E-state index in [0.29, 0.717) is 5.92 Å². The van der Waals surface area contributed by atoms with Gasteiger partial charge in [0.05, 0.1) is 18.9 Å². The number of ether oxygens (including phenoxy) is 1. The lowest BCUT2D eigenvalue weighted by Gasteiger charge is -2.25. The van der Waals surface area contributed by atoms with Crippen LogP contribution in [-0.4, -0.2) is 61.7 Å². The molecule has 4 heteroatoms. The Bertz CT molecular complexity index is 916. The maximum atomic E-state index is 5.90. The van der Waals surface area contributed by atoms with Crippen LogP contribution in [0, 0.1) is 12.8 Å². The maximum Gasteiger partial charge on any atom is 0.0593 e. The van der Waals surface area contributed by atoms with E-state index in [0.717, 1.165) is 39.4 Å². The molecule has 0 amide bonds. The predicted molar refractivity (Wildman–Crippen MR) is 117 cm³/mol. The average Bonchev–Trinajstić information content (AvgIpc) is 2.90. The molecule has 4 rings (SSSR count). The van der Waals surface area contributed by atoms with Gasteiger partial charge in [0.25, 0.3) is 0 Å². The number of hydrogen-bond donors (Lipinski definition) is 1. The molecule has 0 spiro atoms. The topological polar surface area (TPSA) is 31.5 Å². The number of nitrogens with one attached hydrogen (secondary N) is 1. The van der Waals surface area contributed by atoms with Crippen LogP contribution in [0.1, 0.15) is 11.1 Å². The lowest BCUT2D eigenvalue weighted by molar-refractivity contribution is 0.112. The van der Waals surface area contributed by atoms with Gasteiger partial charge in [0.2, 0.25) is 0 Å². The second kappa shape index (κ2) is 8.48. The standard InChI is InChI=1S/C24H31N3O/c1-18-8-7-11-21-22(24(25-23(18)21)20-9-5-4-6-10-20)16-27-12-13-28-17-19(15-27)14-26(2)3/h4-11,19,25H,12-17H2,1-3H3/t19-/m0/s1. The Morgan fingerprint density at radius 2 is 1.93 bits per heavy atom. The SMILES string of the molecule is Cc1cccc2c(CN3CCOC[C@@H](CN(C)C)C3)c(-c3ccccc3)[nH]c12. The van der Waals surface area contributed by atoms with E-state index < -0.39 is 0 Å². The largest absolute Gasteiger partial charge is 0.380 e. The summed E-state index contributed by atoms with van der Waals surface area (Å²) < 4.78 is 5.90. The van der Waals surface area contributed by atoms with Gasteiger partial charge in [0.1, 0.15) is 0 Å². The zero-order chi connectivity index (χ0) is 19.5. The summed E-state index contributed by atoms with van der Waals surface area (Å²) >= 11 is 0. The van der Waals surface area contributed by atoms with E-state index in [1.54, 1.807) is 0 Å².